The minimum absolute atomic E-state index is 0.0142. The van der Waals surface area contributed by atoms with Gasteiger partial charge < -0.3 is 0 Å². The summed E-state index contributed by atoms with van der Waals surface area (Å²) in [5, 5.41) is 1.90. The maximum Gasteiger partial charge on any atom is 0.196 e. The van der Waals surface area contributed by atoms with Gasteiger partial charge in [-0.05, 0) is 46.2 Å². The molecule has 0 saturated carbocycles. The van der Waals surface area contributed by atoms with E-state index in [9.17, 15) is 4.79 Å². The van der Waals surface area contributed by atoms with Gasteiger partial charge in [0, 0.05) is 36.9 Å². The molecule has 3 aromatic rings. The molecule has 2 nitrogen and oxygen atoms in total. The zero-order chi connectivity index (χ0) is 14.1. The van der Waals surface area contributed by atoms with Crippen molar-refractivity contribution in [2.75, 3.05) is 0 Å². The van der Waals surface area contributed by atoms with E-state index in [1.165, 1.54) is 0 Å². The van der Waals surface area contributed by atoms with Gasteiger partial charge in [0.25, 0.3) is 0 Å². The molecule has 0 fully saturated rings. The van der Waals surface area contributed by atoms with Crippen LogP contribution in [0.15, 0.2) is 59.3 Å². The van der Waals surface area contributed by atoms with Crippen LogP contribution in [0.4, 0.5) is 0 Å². The molecule has 0 N–H and O–H groups in total. The number of rotatable bonds is 2. The number of carbonyl (C=O) groups is 1. The molecule has 0 amide bonds. The van der Waals surface area contributed by atoms with Gasteiger partial charge in [0.15, 0.2) is 5.78 Å². The zero-order valence-electron chi connectivity index (χ0n) is 10.3. The van der Waals surface area contributed by atoms with Gasteiger partial charge in [-0.25, -0.2) is 0 Å². The van der Waals surface area contributed by atoms with Crippen molar-refractivity contribution in [1.82, 2.24) is 4.98 Å². The van der Waals surface area contributed by atoms with Crippen molar-refractivity contribution in [3.63, 3.8) is 0 Å². The van der Waals surface area contributed by atoms with E-state index < -0.39 is 0 Å². The van der Waals surface area contributed by atoms with Crippen LogP contribution in [0, 0.1) is 3.57 Å². The van der Waals surface area contributed by atoms with Crippen LogP contribution in [-0.2, 0) is 0 Å². The molecule has 0 spiro atoms. The van der Waals surface area contributed by atoms with Crippen LogP contribution in [0.5, 0.6) is 0 Å². The van der Waals surface area contributed by atoms with E-state index >= 15 is 0 Å². The number of ketones is 1. The maximum atomic E-state index is 12.8. The molecular formula is C16H9BrINO. The highest BCUT2D eigenvalue weighted by molar-refractivity contribution is 14.1. The number of fused-ring (bicyclic) bond motifs is 1. The monoisotopic (exact) mass is 437 g/mol. The molecule has 0 aliphatic rings. The molecule has 0 bridgehead atoms. The normalized spacial score (nSPS) is 10.7. The van der Waals surface area contributed by atoms with E-state index in [1.807, 2.05) is 42.5 Å². The predicted octanol–water partition coefficient (Wildman–Crippen LogP) is 4.83. The van der Waals surface area contributed by atoms with E-state index in [4.69, 9.17) is 0 Å². The highest BCUT2D eigenvalue weighted by Crippen LogP contribution is 2.25. The number of carbonyl (C=O) groups excluding carboxylic acids is 1. The smallest absolute Gasteiger partial charge is 0.196 e. The Morgan fingerprint density at radius 1 is 1.05 bits per heavy atom. The first-order valence-electron chi connectivity index (χ1n) is 5.99. The molecule has 0 aliphatic heterocycles. The summed E-state index contributed by atoms with van der Waals surface area (Å²) >= 11 is 5.65. The molecule has 1 heterocycles. The summed E-state index contributed by atoms with van der Waals surface area (Å²) in [6.45, 7) is 0. The number of nitrogens with zero attached hydrogens (tertiary/aromatic N) is 1. The lowest BCUT2D eigenvalue weighted by Gasteiger charge is -2.07. The molecule has 98 valence electrons. The van der Waals surface area contributed by atoms with Crippen LogP contribution < -0.4 is 0 Å². The lowest BCUT2D eigenvalue weighted by atomic mass is 10.00. The zero-order valence-corrected chi connectivity index (χ0v) is 14.1. The van der Waals surface area contributed by atoms with Crippen LogP contribution in [0.25, 0.3) is 10.8 Å². The predicted molar refractivity (Wildman–Crippen MR) is 92.0 cm³/mol. The lowest BCUT2D eigenvalue weighted by molar-refractivity contribution is 0.103. The minimum atomic E-state index is -0.0142. The van der Waals surface area contributed by atoms with Crippen LogP contribution >= 0.6 is 38.5 Å². The molecule has 4 heteroatoms. The number of halogens is 2. The van der Waals surface area contributed by atoms with Gasteiger partial charge in [0.05, 0.1) is 0 Å². The Hall–Kier alpha value is -1.27. The maximum absolute atomic E-state index is 12.8. The molecule has 0 radical (unpaired) electrons. The fraction of sp³-hybridized carbons (Fsp3) is 0. The lowest BCUT2D eigenvalue weighted by Crippen LogP contribution is -2.04. The fourth-order valence-corrected chi connectivity index (χ4v) is 3.03. The van der Waals surface area contributed by atoms with Crippen LogP contribution in [0.2, 0.25) is 0 Å². The van der Waals surface area contributed by atoms with Gasteiger partial charge >= 0.3 is 0 Å². The molecular weight excluding hydrogens is 429 g/mol. The summed E-state index contributed by atoms with van der Waals surface area (Å²) in [6, 6.07) is 13.5. The number of hydrogen-bond acceptors (Lipinski definition) is 2. The summed E-state index contributed by atoms with van der Waals surface area (Å²) in [5.74, 6) is -0.0142. The van der Waals surface area contributed by atoms with Crippen LogP contribution in [0.1, 0.15) is 15.9 Å². The Labute approximate surface area is 138 Å². The topological polar surface area (TPSA) is 30.0 Å². The number of pyridine rings is 1. The van der Waals surface area contributed by atoms with Crippen molar-refractivity contribution in [2.45, 2.75) is 0 Å². The Kier molecular flexibility index (Phi) is 3.85. The molecule has 0 unspecified atom stereocenters. The van der Waals surface area contributed by atoms with Gasteiger partial charge in [0.1, 0.15) is 0 Å². The average Bonchev–Trinajstić information content (AvgIpc) is 2.48. The van der Waals surface area contributed by atoms with Crippen molar-refractivity contribution in [3.8, 4) is 0 Å². The van der Waals surface area contributed by atoms with E-state index in [-0.39, 0.29) is 5.78 Å². The Bertz CT molecular complexity index is 811. The standard InChI is InChI=1S/C16H9BrINO/c17-15-6-5-11(18)7-13(15)16(20)14-9-19-8-10-3-1-2-4-12(10)14/h1-9H. The van der Waals surface area contributed by atoms with Gasteiger partial charge in [-0.1, -0.05) is 40.2 Å². The third-order valence-electron chi connectivity index (χ3n) is 3.09. The van der Waals surface area contributed by atoms with Crippen LogP contribution in [0.3, 0.4) is 0 Å². The third kappa shape index (κ3) is 2.50. The second kappa shape index (κ2) is 5.61. The van der Waals surface area contributed by atoms with Gasteiger partial charge in [-0.2, -0.15) is 0 Å². The second-order valence-electron chi connectivity index (χ2n) is 4.36. The number of hydrogen-bond donors (Lipinski definition) is 0. The van der Waals surface area contributed by atoms with Gasteiger partial charge in [-0.3, -0.25) is 9.78 Å². The first kappa shape index (κ1) is 13.7. The SMILES string of the molecule is O=C(c1cc(I)ccc1Br)c1cncc2ccccc12. The van der Waals surface area contributed by atoms with Crippen LogP contribution in [-0.4, -0.2) is 10.8 Å². The highest BCUT2D eigenvalue weighted by Gasteiger charge is 2.15. The van der Waals surface area contributed by atoms with E-state index in [2.05, 4.69) is 43.5 Å². The largest absolute Gasteiger partial charge is 0.288 e. The highest BCUT2D eigenvalue weighted by atomic mass is 127. The van der Waals surface area contributed by atoms with E-state index in [0.29, 0.717) is 11.1 Å². The molecule has 1 aromatic heterocycles. The van der Waals surface area contributed by atoms with Crippen molar-refractivity contribution >= 4 is 55.1 Å². The third-order valence-corrected chi connectivity index (χ3v) is 4.45. The summed E-state index contributed by atoms with van der Waals surface area (Å²) in [4.78, 5) is 16.9. The van der Waals surface area contributed by atoms with Gasteiger partial charge in [0.2, 0.25) is 0 Å². The molecule has 2 aromatic carbocycles. The molecule has 0 aliphatic carbocycles. The molecule has 3 rings (SSSR count). The van der Waals surface area contributed by atoms with E-state index in [1.54, 1.807) is 12.4 Å². The fourth-order valence-electron chi connectivity index (χ4n) is 2.11. The summed E-state index contributed by atoms with van der Waals surface area (Å²) in [6.07, 6.45) is 3.41. The minimum Gasteiger partial charge on any atom is -0.288 e. The van der Waals surface area contributed by atoms with E-state index in [0.717, 1.165) is 18.8 Å². The first-order valence-corrected chi connectivity index (χ1v) is 7.86. The Morgan fingerprint density at radius 3 is 2.70 bits per heavy atom. The average molecular weight is 438 g/mol. The number of benzene rings is 2. The van der Waals surface area contributed by atoms with Crippen molar-refractivity contribution in [2.24, 2.45) is 0 Å². The summed E-state index contributed by atoms with van der Waals surface area (Å²) in [7, 11) is 0. The quantitative estimate of drug-likeness (QED) is 0.424. The van der Waals surface area contributed by atoms with Crippen molar-refractivity contribution in [3.05, 3.63) is 74.0 Å². The Morgan fingerprint density at radius 2 is 1.85 bits per heavy atom. The summed E-state index contributed by atoms with van der Waals surface area (Å²) in [5.41, 5.74) is 1.29. The molecule has 0 saturated heterocycles. The molecule has 0 atom stereocenters. The molecule has 20 heavy (non-hydrogen) atoms. The van der Waals surface area contributed by atoms with Crippen molar-refractivity contribution < 1.29 is 4.79 Å². The Balaban J connectivity index is 2.20. The first-order chi connectivity index (χ1) is 9.66. The summed E-state index contributed by atoms with van der Waals surface area (Å²) < 4.78 is 1.83. The van der Waals surface area contributed by atoms with Gasteiger partial charge in [-0.15, -0.1) is 0 Å². The number of aromatic nitrogens is 1. The van der Waals surface area contributed by atoms with Crippen molar-refractivity contribution in [1.29, 1.82) is 0 Å². The second-order valence-corrected chi connectivity index (χ2v) is 6.46.